The first kappa shape index (κ1) is 17.6. The molecule has 0 spiro atoms. The van der Waals surface area contributed by atoms with Crippen LogP contribution in [0.5, 0.6) is 11.5 Å². The highest BCUT2D eigenvalue weighted by molar-refractivity contribution is 6.32. The summed E-state index contributed by atoms with van der Waals surface area (Å²) in [6.07, 6.45) is -0.204. The minimum atomic E-state index is -0.607. The number of hydrogen-bond donors (Lipinski definition) is 2. The number of rotatable bonds is 8. The fraction of sp³-hybridized carbons (Fsp3) is 0.500. The summed E-state index contributed by atoms with van der Waals surface area (Å²) in [4.78, 5) is 12.0. The first-order valence-electron chi connectivity index (χ1n) is 6.40. The maximum Gasteiger partial charge on any atom is 0.251 e. The summed E-state index contributed by atoms with van der Waals surface area (Å²) in [5, 5.41) is 12.5. The van der Waals surface area contributed by atoms with Crippen LogP contribution < -0.4 is 14.8 Å². The lowest BCUT2D eigenvalue weighted by atomic mass is 10.1. The van der Waals surface area contributed by atoms with Crippen molar-refractivity contribution in [2.75, 3.05) is 34.5 Å². The number of aliphatic hydroxyl groups excluding tert-OH is 1. The molecule has 1 atom stereocenters. The van der Waals surface area contributed by atoms with Crippen molar-refractivity contribution in [1.82, 2.24) is 5.32 Å². The molecule has 0 aliphatic carbocycles. The van der Waals surface area contributed by atoms with Crippen LogP contribution in [0.15, 0.2) is 12.1 Å². The van der Waals surface area contributed by atoms with Crippen LogP contribution in [0.2, 0.25) is 5.02 Å². The smallest absolute Gasteiger partial charge is 0.251 e. The number of hydrogen-bond acceptors (Lipinski definition) is 5. The summed E-state index contributed by atoms with van der Waals surface area (Å²) >= 11 is 6.04. The van der Waals surface area contributed by atoms with E-state index in [1.165, 1.54) is 27.4 Å². The van der Waals surface area contributed by atoms with E-state index in [0.717, 1.165) is 0 Å². The van der Waals surface area contributed by atoms with Crippen LogP contribution in [0, 0.1) is 0 Å². The molecule has 0 radical (unpaired) electrons. The van der Waals surface area contributed by atoms with Gasteiger partial charge in [-0.25, -0.2) is 0 Å². The highest BCUT2D eigenvalue weighted by atomic mass is 35.5. The van der Waals surface area contributed by atoms with Gasteiger partial charge in [-0.05, 0) is 18.6 Å². The summed E-state index contributed by atoms with van der Waals surface area (Å²) in [6, 6.07) is 3.05. The number of amides is 1. The van der Waals surface area contributed by atoms with Gasteiger partial charge in [-0.2, -0.15) is 0 Å². The normalized spacial score (nSPS) is 11.9. The van der Waals surface area contributed by atoms with Crippen LogP contribution >= 0.6 is 11.6 Å². The van der Waals surface area contributed by atoms with Gasteiger partial charge in [-0.3, -0.25) is 4.79 Å². The molecule has 118 valence electrons. The van der Waals surface area contributed by atoms with E-state index >= 15 is 0 Å². The van der Waals surface area contributed by atoms with E-state index < -0.39 is 6.10 Å². The van der Waals surface area contributed by atoms with Gasteiger partial charge in [0, 0.05) is 19.2 Å². The van der Waals surface area contributed by atoms with E-state index in [1.807, 2.05) is 0 Å². The van der Waals surface area contributed by atoms with Crippen molar-refractivity contribution in [1.29, 1.82) is 0 Å². The maximum absolute atomic E-state index is 12.0. The molecule has 0 fully saturated rings. The van der Waals surface area contributed by atoms with Gasteiger partial charge in [0.25, 0.3) is 5.91 Å². The second-order valence-corrected chi connectivity index (χ2v) is 4.75. The molecule has 0 aliphatic heterocycles. The molecule has 1 aromatic rings. The third-order valence-corrected chi connectivity index (χ3v) is 3.10. The number of nitrogens with one attached hydrogen (secondary N) is 1. The Morgan fingerprint density at radius 2 is 2.05 bits per heavy atom. The fourth-order valence-corrected chi connectivity index (χ4v) is 2.07. The molecule has 1 amide bonds. The van der Waals surface area contributed by atoms with Crippen molar-refractivity contribution in [3.8, 4) is 11.5 Å². The Bertz CT molecular complexity index is 481. The van der Waals surface area contributed by atoms with Crippen LogP contribution in [0.3, 0.4) is 0 Å². The van der Waals surface area contributed by atoms with Crippen LogP contribution in [0.1, 0.15) is 16.8 Å². The number of halogens is 1. The predicted octanol–water partition coefficient (Wildman–Crippen LogP) is 1.48. The van der Waals surface area contributed by atoms with Crippen LogP contribution in [0.25, 0.3) is 0 Å². The average molecular weight is 318 g/mol. The fourth-order valence-electron chi connectivity index (χ4n) is 1.78. The maximum atomic E-state index is 12.0. The molecule has 0 aliphatic rings. The summed E-state index contributed by atoms with van der Waals surface area (Å²) in [5.41, 5.74) is 0.360. The largest absolute Gasteiger partial charge is 0.493 e. The van der Waals surface area contributed by atoms with Gasteiger partial charge in [0.1, 0.15) is 0 Å². The number of benzene rings is 1. The SMILES string of the molecule is COCC(O)CCNC(=O)c1cc(Cl)c(OC)c(OC)c1. The number of carbonyl (C=O) groups is 1. The average Bonchev–Trinajstić information content (AvgIpc) is 2.46. The van der Waals surface area contributed by atoms with E-state index in [2.05, 4.69) is 5.32 Å². The zero-order valence-corrected chi connectivity index (χ0v) is 13.1. The molecule has 6 nitrogen and oxygen atoms in total. The highest BCUT2D eigenvalue weighted by Gasteiger charge is 2.15. The molecule has 2 N–H and O–H groups in total. The van der Waals surface area contributed by atoms with Crippen molar-refractivity contribution >= 4 is 17.5 Å². The van der Waals surface area contributed by atoms with Crippen LogP contribution in [-0.2, 0) is 4.74 Å². The number of ether oxygens (including phenoxy) is 3. The molecular formula is C14H20ClNO5. The molecule has 0 bridgehead atoms. The Labute approximate surface area is 129 Å². The van der Waals surface area contributed by atoms with Crippen molar-refractivity contribution in [2.24, 2.45) is 0 Å². The molecule has 1 unspecified atom stereocenters. The van der Waals surface area contributed by atoms with E-state index in [0.29, 0.717) is 35.1 Å². The van der Waals surface area contributed by atoms with E-state index in [4.69, 9.17) is 25.8 Å². The van der Waals surface area contributed by atoms with Gasteiger partial charge >= 0.3 is 0 Å². The lowest BCUT2D eigenvalue weighted by Gasteiger charge is -2.13. The monoisotopic (exact) mass is 317 g/mol. The minimum Gasteiger partial charge on any atom is -0.493 e. The second kappa shape index (κ2) is 8.71. The van der Waals surface area contributed by atoms with Crippen molar-refractivity contribution in [2.45, 2.75) is 12.5 Å². The molecule has 7 heteroatoms. The Hall–Kier alpha value is -1.50. The topological polar surface area (TPSA) is 77.0 Å². The zero-order chi connectivity index (χ0) is 15.8. The molecule has 1 aromatic carbocycles. The minimum absolute atomic E-state index is 0.234. The Kier molecular flexibility index (Phi) is 7.28. The molecule has 0 aromatic heterocycles. The number of carbonyl (C=O) groups excluding carboxylic acids is 1. The Morgan fingerprint density at radius 3 is 2.62 bits per heavy atom. The Morgan fingerprint density at radius 1 is 1.33 bits per heavy atom. The molecule has 0 saturated heterocycles. The van der Waals surface area contributed by atoms with E-state index in [-0.39, 0.29) is 12.5 Å². The van der Waals surface area contributed by atoms with E-state index in [1.54, 1.807) is 6.07 Å². The number of methoxy groups -OCH3 is 3. The van der Waals surface area contributed by atoms with Gasteiger partial charge in [0.2, 0.25) is 0 Å². The lowest BCUT2D eigenvalue weighted by molar-refractivity contribution is 0.0587. The standard InChI is InChI=1S/C14H20ClNO5/c1-19-8-10(17)4-5-16-14(18)9-6-11(15)13(21-3)12(7-9)20-2/h6-7,10,17H,4-5,8H2,1-3H3,(H,16,18). The van der Waals surface area contributed by atoms with Crippen LogP contribution in [-0.4, -0.2) is 51.6 Å². The second-order valence-electron chi connectivity index (χ2n) is 4.35. The highest BCUT2D eigenvalue weighted by Crippen LogP contribution is 2.35. The van der Waals surface area contributed by atoms with Crippen LogP contribution in [0.4, 0.5) is 0 Å². The van der Waals surface area contributed by atoms with Crippen molar-refractivity contribution < 1.29 is 24.1 Å². The molecule has 0 saturated carbocycles. The summed E-state index contributed by atoms with van der Waals surface area (Å²) < 4.78 is 15.0. The molecule has 1 rings (SSSR count). The summed E-state index contributed by atoms with van der Waals surface area (Å²) in [6.45, 7) is 0.563. The predicted molar refractivity (Wildman–Crippen MR) is 79.4 cm³/mol. The van der Waals surface area contributed by atoms with Gasteiger partial charge < -0.3 is 24.6 Å². The first-order valence-corrected chi connectivity index (χ1v) is 6.78. The molecule has 21 heavy (non-hydrogen) atoms. The van der Waals surface area contributed by atoms with Crippen molar-refractivity contribution in [3.05, 3.63) is 22.7 Å². The zero-order valence-electron chi connectivity index (χ0n) is 12.3. The summed E-state index contributed by atoms with van der Waals surface area (Å²) in [7, 11) is 4.45. The first-order chi connectivity index (χ1) is 10.0. The molecule has 0 heterocycles. The van der Waals surface area contributed by atoms with Gasteiger partial charge in [-0.15, -0.1) is 0 Å². The third-order valence-electron chi connectivity index (χ3n) is 2.82. The van der Waals surface area contributed by atoms with Gasteiger partial charge in [-0.1, -0.05) is 11.6 Å². The summed E-state index contributed by atoms with van der Waals surface area (Å²) in [5.74, 6) is 0.461. The molecular weight excluding hydrogens is 298 g/mol. The van der Waals surface area contributed by atoms with E-state index in [9.17, 15) is 9.90 Å². The Balaban J connectivity index is 2.68. The third kappa shape index (κ3) is 5.08. The number of aliphatic hydroxyl groups is 1. The van der Waals surface area contributed by atoms with Gasteiger partial charge in [0.15, 0.2) is 11.5 Å². The lowest BCUT2D eigenvalue weighted by Crippen LogP contribution is -2.28. The quantitative estimate of drug-likeness (QED) is 0.759. The van der Waals surface area contributed by atoms with Gasteiger partial charge in [0.05, 0.1) is 32.0 Å². The van der Waals surface area contributed by atoms with Crippen molar-refractivity contribution in [3.63, 3.8) is 0 Å².